The second-order valence-corrected chi connectivity index (χ2v) is 7.19. The first-order chi connectivity index (χ1) is 12.1. The number of aromatic nitrogens is 3. The Bertz CT molecular complexity index is 937. The fourth-order valence-corrected chi connectivity index (χ4v) is 4.07. The number of amides is 1. The molecule has 0 saturated carbocycles. The van der Waals surface area contributed by atoms with E-state index in [1.54, 1.807) is 21.4 Å². The lowest BCUT2D eigenvalue weighted by molar-refractivity contribution is -0.384. The normalized spacial score (nSPS) is 13.5. The third kappa shape index (κ3) is 2.79. The number of hydrogen-bond acceptors (Lipinski definition) is 7. The summed E-state index contributed by atoms with van der Waals surface area (Å²) in [6.45, 7) is 0.504. The number of nitrogens with zero attached hydrogens (tertiary/aromatic N) is 5. The Labute approximate surface area is 150 Å². The Morgan fingerprint density at radius 3 is 2.68 bits per heavy atom. The fourth-order valence-electron chi connectivity index (χ4n) is 2.52. The number of thioether (sulfide) groups is 1. The van der Waals surface area contributed by atoms with Crippen molar-refractivity contribution in [2.45, 2.75) is 5.16 Å². The molecule has 1 aliphatic rings. The van der Waals surface area contributed by atoms with Gasteiger partial charge < -0.3 is 0 Å². The average Bonchev–Trinajstić information content (AvgIpc) is 3.30. The number of non-ortho nitro benzene ring substituents is 1. The number of hydrogen-bond donors (Lipinski definition) is 0. The standard InChI is InChI=1S/C15H11N5O3S2/c21-14(10-3-5-11(6-4-10)20(22)23)18-7-9-25-15-17-16-13(19(15)18)12-2-1-8-24-12/h1-6,8H,7,9H2. The van der Waals surface area contributed by atoms with Gasteiger partial charge in [0.2, 0.25) is 5.16 Å². The Hall–Kier alpha value is -2.72. The van der Waals surface area contributed by atoms with Gasteiger partial charge in [0.25, 0.3) is 11.6 Å². The Morgan fingerprint density at radius 1 is 1.20 bits per heavy atom. The number of fused-ring (bicyclic) bond motifs is 1. The molecule has 0 saturated heterocycles. The minimum absolute atomic E-state index is 0.0463. The molecule has 3 heterocycles. The lowest BCUT2D eigenvalue weighted by Crippen LogP contribution is -2.45. The molecule has 0 bridgehead atoms. The van der Waals surface area contributed by atoms with Crippen LogP contribution >= 0.6 is 23.1 Å². The predicted octanol–water partition coefficient (Wildman–Crippen LogP) is 2.80. The molecule has 25 heavy (non-hydrogen) atoms. The summed E-state index contributed by atoms with van der Waals surface area (Å²) in [5.41, 5.74) is 0.337. The average molecular weight is 373 g/mol. The van der Waals surface area contributed by atoms with E-state index < -0.39 is 4.92 Å². The highest BCUT2D eigenvalue weighted by molar-refractivity contribution is 7.99. The van der Waals surface area contributed by atoms with Crippen molar-refractivity contribution in [3.05, 3.63) is 57.5 Å². The molecule has 0 N–H and O–H groups in total. The molecule has 1 aromatic carbocycles. The number of nitro benzene ring substituents is 1. The molecule has 0 radical (unpaired) electrons. The van der Waals surface area contributed by atoms with Crippen molar-refractivity contribution in [2.24, 2.45) is 0 Å². The van der Waals surface area contributed by atoms with Crippen LogP contribution in [0.3, 0.4) is 0 Å². The maximum absolute atomic E-state index is 12.9. The van der Waals surface area contributed by atoms with E-state index in [9.17, 15) is 14.9 Å². The van der Waals surface area contributed by atoms with Gasteiger partial charge in [-0.05, 0) is 23.6 Å². The zero-order chi connectivity index (χ0) is 17.4. The van der Waals surface area contributed by atoms with Gasteiger partial charge in [-0.25, -0.2) is 9.69 Å². The van der Waals surface area contributed by atoms with Gasteiger partial charge in [-0.1, -0.05) is 17.8 Å². The van der Waals surface area contributed by atoms with Crippen molar-refractivity contribution in [1.29, 1.82) is 0 Å². The van der Waals surface area contributed by atoms with Crippen molar-refractivity contribution in [1.82, 2.24) is 14.9 Å². The first-order valence-electron chi connectivity index (χ1n) is 7.34. The molecule has 126 valence electrons. The first-order valence-corrected chi connectivity index (χ1v) is 9.20. The summed E-state index contributed by atoms with van der Waals surface area (Å²) in [6.07, 6.45) is 0. The summed E-state index contributed by atoms with van der Waals surface area (Å²) in [5, 5.41) is 23.4. The number of nitro groups is 1. The van der Waals surface area contributed by atoms with E-state index in [1.807, 2.05) is 17.5 Å². The molecule has 2 aromatic heterocycles. The Morgan fingerprint density at radius 2 is 2.00 bits per heavy atom. The first kappa shape index (κ1) is 15.8. The molecule has 0 atom stereocenters. The van der Waals surface area contributed by atoms with Gasteiger partial charge in [0, 0.05) is 23.4 Å². The number of benzene rings is 1. The Kier molecular flexibility index (Phi) is 3.98. The zero-order valence-electron chi connectivity index (χ0n) is 12.7. The van der Waals surface area contributed by atoms with Crippen molar-refractivity contribution in [3.63, 3.8) is 0 Å². The van der Waals surface area contributed by atoms with Crippen molar-refractivity contribution >= 4 is 34.7 Å². The lowest BCUT2D eigenvalue weighted by atomic mass is 10.2. The quantitative estimate of drug-likeness (QED) is 0.518. The molecule has 4 rings (SSSR count). The van der Waals surface area contributed by atoms with Crippen LogP contribution in [0.25, 0.3) is 10.7 Å². The number of thiophene rings is 1. The lowest BCUT2D eigenvalue weighted by Gasteiger charge is -2.29. The van der Waals surface area contributed by atoms with Crippen LogP contribution < -0.4 is 5.01 Å². The molecule has 3 aromatic rings. The summed E-state index contributed by atoms with van der Waals surface area (Å²) in [6, 6.07) is 9.45. The molecule has 1 amide bonds. The van der Waals surface area contributed by atoms with Crippen LogP contribution in [0.1, 0.15) is 10.4 Å². The predicted molar refractivity (Wildman–Crippen MR) is 94.6 cm³/mol. The van der Waals surface area contributed by atoms with Crippen molar-refractivity contribution in [3.8, 4) is 10.7 Å². The van der Waals surface area contributed by atoms with E-state index in [0.29, 0.717) is 28.8 Å². The van der Waals surface area contributed by atoms with Gasteiger partial charge in [0.1, 0.15) is 0 Å². The van der Waals surface area contributed by atoms with Crippen LogP contribution in [0.2, 0.25) is 0 Å². The molecule has 10 heteroatoms. The molecule has 1 aliphatic heterocycles. The second-order valence-electron chi connectivity index (χ2n) is 5.18. The van der Waals surface area contributed by atoms with Crippen LogP contribution in [-0.2, 0) is 0 Å². The second kappa shape index (κ2) is 6.30. The van der Waals surface area contributed by atoms with E-state index in [0.717, 1.165) is 4.88 Å². The van der Waals surface area contributed by atoms with Crippen molar-refractivity contribution in [2.75, 3.05) is 17.3 Å². The third-order valence-corrected chi connectivity index (χ3v) is 5.45. The Balaban J connectivity index is 1.72. The minimum Gasteiger partial charge on any atom is -0.267 e. The molecule has 0 unspecified atom stereocenters. The van der Waals surface area contributed by atoms with E-state index in [2.05, 4.69) is 10.2 Å². The van der Waals surface area contributed by atoms with Crippen LogP contribution in [0.15, 0.2) is 46.9 Å². The zero-order valence-corrected chi connectivity index (χ0v) is 14.4. The highest BCUT2D eigenvalue weighted by atomic mass is 32.2. The highest BCUT2D eigenvalue weighted by Gasteiger charge is 2.29. The SMILES string of the molecule is O=C(c1ccc([N+](=O)[O-])cc1)N1CCSc2nnc(-c3cccs3)n21. The molecular weight excluding hydrogens is 362 g/mol. The molecule has 8 nitrogen and oxygen atoms in total. The summed E-state index contributed by atoms with van der Waals surface area (Å²) in [5.74, 6) is 1.09. The number of carbonyl (C=O) groups is 1. The smallest absolute Gasteiger partial charge is 0.267 e. The molecule has 0 aliphatic carbocycles. The molecule has 0 fully saturated rings. The highest BCUT2D eigenvalue weighted by Crippen LogP contribution is 2.30. The van der Waals surface area contributed by atoms with Gasteiger partial charge in [-0.2, -0.15) is 0 Å². The summed E-state index contributed by atoms with van der Waals surface area (Å²) < 4.78 is 1.73. The maximum atomic E-state index is 12.9. The van der Waals surface area contributed by atoms with Crippen LogP contribution in [0.5, 0.6) is 0 Å². The number of rotatable bonds is 3. The van der Waals surface area contributed by atoms with Gasteiger partial charge in [-0.15, -0.1) is 21.5 Å². The summed E-state index contributed by atoms with van der Waals surface area (Å²) >= 11 is 3.06. The van der Waals surface area contributed by atoms with Gasteiger partial charge in [-0.3, -0.25) is 14.9 Å². The summed E-state index contributed by atoms with van der Waals surface area (Å²) in [7, 11) is 0. The van der Waals surface area contributed by atoms with Gasteiger partial charge in [0.15, 0.2) is 5.82 Å². The largest absolute Gasteiger partial charge is 0.272 e. The minimum atomic E-state index is -0.488. The van der Waals surface area contributed by atoms with Gasteiger partial charge in [0.05, 0.1) is 16.3 Å². The molecular formula is C15H11N5O3S2. The van der Waals surface area contributed by atoms with Crippen molar-refractivity contribution < 1.29 is 9.72 Å². The van der Waals surface area contributed by atoms with Crippen LogP contribution in [0.4, 0.5) is 5.69 Å². The number of carbonyl (C=O) groups excluding carboxylic acids is 1. The topological polar surface area (TPSA) is 94.2 Å². The fraction of sp³-hybridized carbons (Fsp3) is 0.133. The van der Waals surface area contributed by atoms with E-state index in [4.69, 9.17) is 0 Å². The maximum Gasteiger partial charge on any atom is 0.272 e. The molecule has 0 spiro atoms. The summed E-state index contributed by atoms with van der Waals surface area (Å²) in [4.78, 5) is 24.1. The monoisotopic (exact) mass is 373 g/mol. The van der Waals surface area contributed by atoms with E-state index >= 15 is 0 Å². The van der Waals surface area contributed by atoms with Gasteiger partial charge >= 0.3 is 0 Å². The third-order valence-electron chi connectivity index (χ3n) is 3.69. The van der Waals surface area contributed by atoms with Crippen LogP contribution in [-0.4, -0.2) is 38.0 Å². The van der Waals surface area contributed by atoms with E-state index in [-0.39, 0.29) is 11.6 Å². The van der Waals surface area contributed by atoms with E-state index in [1.165, 1.54) is 35.6 Å². The van der Waals surface area contributed by atoms with Crippen LogP contribution in [0, 0.1) is 10.1 Å².